The number of rotatable bonds is 12. The molecule has 1 aliphatic rings. The summed E-state index contributed by atoms with van der Waals surface area (Å²) in [5.41, 5.74) is 6.88. The predicted molar refractivity (Wildman–Crippen MR) is 107 cm³/mol. The minimum Gasteiger partial charge on any atom is -0.504 e. The highest BCUT2D eigenvalue weighted by Gasteiger charge is 2.33. The molecule has 1 saturated carbocycles. The second kappa shape index (κ2) is 9.61. The topological polar surface area (TPSA) is 75.7 Å². The van der Waals surface area contributed by atoms with E-state index < -0.39 is 5.54 Å². The lowest BCUT2D eigenvalue weighted by Crippen LogP contribution is -2.44. The fourth-order valence-corrected chi connectivity index (χ4v) is 3.44. The second-order valence-electron chi connectivity index (χ2n) is 8.72. The molecule has 1 aromatic carbocycles. The first-order chi connectivity index (χ1) is 12.3. The Hall–Kier alpha value is -1.26. The summed E-state index contributed by atoms with van der Waals surface area (Å²) >= 11 is 0. The molecule has 0 aliphatic heterocycles. The van der Waals surface area contributed by atoms with Gasteiger partial charge in [-0.15, -0.1) is 0 Å². The number of aromatic hydroxyl groups is 1. The maximum Gasteiger partial charge on any atom is 0.161 e. The molecule has 1 unspecified atom stereocenters. The van der Waals surface area contributed by atoms with Crippen molar-refractivity contribution in [3.8, 4) is 11.5 Å². The quantitative estimate of drug-likeness (QED) is 0.514. The van der Waals surface area contributed by atoms with Crippen LogP contribution in [0.15, 0.2) is 18.2 Å². The smallest absolute Gasteiger partial charge is 0.161 e. The van der Waals surface area contributed by atoms with Gasteiger partial charge in [-0.25, -0.2) is 0 Å². The van der Waals surface area contributed by atoms with Crippen LogP contribution in [-0.4, -0.2) is 28.5 Å². The van der Waals surface area contributed by atoms with Crippen LogP contribution in [0.25, 0.3) is 0 Å². The number of aryl methyl sites for hydroxylation is 1. The Morgan fingerprint density at radius 3 is 2.54 bits per heavy atom. The Balaban J connectivity index is 1.83. The van der Waals surface area contributed by atoms with E-state index >= 15 is 0 Å². The van der Waals surface area contributed by atoms with Crippen molar-refractivity contribution < 1.29 is 14.9 Å². The Bertz CT molecular complexity index is 556. The Morgan fingerprint density at radius 2 is 1.96 bits per heavy atom. The average Bonchev–Trinajstić information content (AvgIpc) is 3.38. The van der Waals surface area contributed by atoms with Gasteiger partial charge in [0.15, 0.2) is 11.5 Å². The van der Waals surface area contributed by atoms with Crippen LogP contribution < -0.4 is 10.5 Å². The normalized spacial score (nSPS) is 17.9. The summed E-state index contributed by atoms with van der Waals surface area (Å²) in [7, 11) is 0. The molecule has 0 aromatic heterocycles. The van der Waals surface area contributed by atoms with Gasteiger partial charge in [0.1, 0.15) is 0 Å². The monoisotopic (exact) mass is 363 g/mol. The molecular weight excluding hydrogens is 326 g/mol. The minimum absolute atomic E-state index is 0.0184. The van der Waals surface area contributed by atoms with E-state index in [4.69, 9.17) is 10.5 Å². The third kappa shape index (κ3) is 7.16. The van der Waals surface area contributed by atoms with Crippen LogP contribution in [0.2, 0.25) is 0 Å². The van der Waals surface area contributed by atoms with Crippen molar-refractivity contribution in [2.75, 3.05) is 6.61 Å². The molecule has 2 rings (SSSR count). The Kier molecular flexibility index (Phi) is 7.78. The van der Waals surface area contributed by atoms with Crippen molar-refractivity contribution in [3.63, 3.8) is 0 Å². The Morgan fingerprint density at radius 1 is 1.23 bits per heavy atom. The van der Waals surface area contributed by atoms with Gasteiger partial charge in [-0.2, -0.15) is 0 Å². The summed E-state index contributed by atoms with van der Waals surface area (Å²) in [5, 5.41) is 19.9. The molecule has 1 aliphatic carbocycles. The molecule has 1 aromatic rings. The van der Waals surface area contributed by atoms with Crippen molar-refractivity contribution in [2.45, 2.75) is 83.8 Å². The first kappa shape index (κ1) is 21.0. The molecule has 0 radical (unpaired) electrons. The predicted octanol–water partition coefficient (Wildman–Crippen LogP) is 4.41. The number of aliphatic hydroxyl groups excluding tert-OH is 1. The summed E-state index contributed by atoms with van der Waals surface area (Å²) in [6.07, 6.45) is 8.27. The first-order valence-corrected chi connectivity index (χ1v) is 10.2. The average molecular weight is 364 g/mol. The number of hydrogen-bond acceptors (Lipinski definition) is 4. The van der Waals surface area contributed by atoms with Crippen molar-refractivity contribution in [3.05, 3.63) is 23.8 Å². The summed E-state index contributed by atoms with van der Waals surface area (Å²) in [4.78, 5) is 0. The molecule has 4 heteroatoms. The number of ether oxygens (including phenoxy) is 1. The lowest BCUT2D eigenvalue weighted by atomic mass is 9.88. The molecule has 26 heavy (non-hydrogen) atoms. The number of phenols is 1. The number of phenolic OH excluding ortho intramolecular Hbond substituents is 1. The standard InChI is InChI=1S/C22H37NO3/c1-16(2)5-4-6-17(3)26-21-10-9-18(13-20(21)25)11-12-22(23,15-24)14-19-7-8-19/h9-10,13,16-17,19,24-25H,4-8,11-12,14-15,23H2,1-3H3/t17-,22?/m0/s1. The number of hydrogen-bond donors (Lipinski definition) is 3. The molecule has 0 amide bonds. The zero-order valence-corrected chi connectivity index (χ0v) is 16.7. The molecule has 0 bridgehead atoms. The van der Waals surface area contributed by atoms with Crippen LogP contribution >= 0.6 is 0 Å². The highest BCUT2D eigenvalue weighted by atomic mass is 16.5. The number of aliphatic hydroxyl groups is 1. The molecule has 148 valence electrons. The van der Waals surface area contributed by atoms with Gasteiger partial charge in [0, 0.05) is 5.54 Å². The van der Waals surface area contributed by atoms with Gasteiger partial charge in [0.05, 0.1) is 12.7 Å². The third-order valence-corrected chi connectivity index (χ3v) is 5.36. The van der Waals surface area contributed by atoms with Crippen LogP contribution in [0.1, 0.15) is 71.3 Å². The van der Waals surface area contributed by atoms with Crippen molar-refractivity contribution in [1.82, 2.24) is 0 Å². The minimum atomic E-state index is -0.503. The Labute approximate surface area is 158 Å². The fraction of sp³-hybridized carbons (Fsp3) is 0.727. The molecule has 1 fully saturated rings. The molecular formula is C22H37NO3. The van der Waals surface area contributed by atoms with Gasteiger partial charge in [-0.1, -0.05) is 39.2 Å². The van der Waals surface area contributed by atoms with Gasteiger partial charge >= 0.3 is 0 Å². The largest absolute Gasteiger partial charge is 0.504 e. The summed E-state index contributed by atoms with van der Waals surface area (Å²) in [5.74, 6) is 2.13. The molecule has 0 saturated heterocycles. The second-order valence-corrected chi connectivity index (χ2v) is 8.72. The molecule has 0 heterocycles. The zero-order valence-electron chi connectivity index (χ0n) is 16.7. The molecule has 0 spiro atoms. The van der Waals surface area contributed by atoms with E-state index in [1.165, 1.54) is 19.3 Å². The SMILES string of the molecule is CC(C)CCC[C@H](C)Oc1ccc(CCC(N)(CO)CC2CC2)cc1O. The molecule has 2 atom stereocenters. The van der Waals surface area contributed by atoms with Crippen LogP contribution in [-0.2, 0) is 6.42 Å². The lowest BCUT2D eigenvalue weighted by molar-refractivity contribution is 0.172. The van der Waals surface area contributed by atoms with Gasteiger partial charge in [-0.05, 0) is 68.6 Å². The van der Waals surface area contributed by atoms with E-state index in [1.807, 2.05) is 12.1 Å². The van der Waals surface area contributed by atoms with E-state index in [1.54, 1.807) is 6.07 Å². The van der Waals surface area contributed by atoms with E-state index in [-0.39, 0.29) is 18.5 Å². The van der Waals surface area contributed by atoms with Gasteiger partial charge in [0.2, 0.25) is 0 Å². The van der Waals surface area contributed by atoms with E-state index in [2.05, 4.69) is 20.8 Å². The summed E-state index contributed by atoms with van der Waals surface area (Å²) in [6, 6.07) is 5.61. The van der Waals surface area contributed by atoms with Gasteiger partial charge in [0.25, 0.3) is 0 Å². The molecule has 4 nitrogen and oxygen atoms in total. The van der Waals surface area contributed by atoms with Crippen LogP contribution in [0.3, 0.4) is 0 Å². The van der Waals surface area contributed by atoms with E-state index in [0.717, 1.165) is 37.7 Å². The number of nitrogens with two attached hydrogens (primary N) is 1. The fourth-order valence-electron chi connectivity index (χ4n) is 3.44. The maximum absolute atomic E-state index is 10.3. The van der Waals surface area contributed by atoms with Crippen molar-refractivity contribution in [2.24, 2.45) is 17.6 Å². The van der Waals surface area contributed by atoms with Crippen molar-refractivity contribution in [1.29, 1.82) is 0 Å². The van der Waals surface area contributed by atoms with Crippen LogP contribution in [0, 0.1) is 11.8 Å². The maximum atomic E-state index is 10.3. The first-order valence-electron chi connectivity index (χ1n) is 10.2. The van der Waals surface area contributed by atoms with Gasteiger partial charge < -0.3 is 20.7 Å². The van der Waals surface area contributed by atoms with E-state index in [0.29, 0.717) is 17.6 Å². The number of benzene rings is 1. The van der Waals surface area contributed by atoms with E-state index in [9.17, 15) is 10.2 Å². The third-order valence-electron chi connectivity index (χ3n) is 5.36. The van der Waals surface area contributed by atoms with Gasteiger partial charge in [-0.3, -0.25) is 0 Å². The lowest BCUT2D eigenvalue weighted by Gasteiger charge is -2.27. The zero-order chi connectivity index (χ0) is 19.2. The van der Waals surface area contributed by atoms with Crippen LogP contribution in [0.4, 0.5) is 0 Å². The van der Waals surface area contributed by atoms with Crippen LogP contribution in [0.5, 0.6) is 11.5 Å². The summed E-state index contributed by atoms with van der Waals surface area (Å²) < 4.78 is 5.89. The highest BCUT2D eigenvalue weighted by molar-refractivity contribution is 5.42. The molecule has 4 N–H and O–H groups in total. The van der Waals surface area contributed by atoms with Crippen molar-refractivity contribution >= 4 is 0 Å². The highest BCUT2D eigenvalue weighted by Crippen LogP contribution is 2.37. The summed E-state index contributed by atoms with van der Waals surface area (Å²) in [6.45, 7) is 6.53.